The minimum absolute atomic E-state index is 0.289. The number of carbonyl (C=O) groups is 1. The molecule has 4 aromatic rings. The standard InChI is InChI=1S/C27H30FN5O2/c1-15-8-7-9-16(2)24(15)33-25(22-18-13-29-30-23(18)17(3)12-20(22)28)19-14-32(11-10-21(19)31-33)26(34)35-27(4,5)6/h7-9,12-13H,10-11,14H2,1-6H3,(H,29,30). The van der Waals surface area contributed by atoms with Gasteiger partial charge in [-0.3, -0.25) is 5.10 Å². The van der Waals surface area contributed by atoms with Gasteiger partial charge in [-0.2, -0.15) is 10.2 Å². The SMILES string of the molecule is Cc1cccc(C)c1-n1nc2c(c1-c1c(F)cc(C)c3[nH]ncc13)CN(C(=O)OC(C)(C)C)CC2. The van der Waals surface area contributed by atoms with Gasteiger partial charge in [-0.1, -0.05) is 18.2 Å². The van der Waals surface area contributed by atoms with Gasteiger partial charge >= 0.3 is 6.09 Å². The van der Waals surface area contributed by atoms with Crippen molar-refractivity contribution in [2.75, 3.05) is 6.54 Å². The summed E-state index contributed by atoms with van der Waals surface area (Å²) in [5, 5.41) is 12.9. The maximum atomic E-state index is 15.8. The molecule has 0 bridgehead atoms. The number of nitrogens with one attached hydrogen (secondary N) is 1. The molecule has 0 aliphatic carbocycles. The monoisotopic (exact) mass is 475 g/mol. The molecular weight excluding hydrogens is 445 g/mol. The van der Waals surface area contributed by atoms with Crippen LogP contribution in [0.15, 0.2) is 30.5 Å². The maximum Gasteiger partial charge on any atom is 0.410 e. The molecule has 1 aliphatic heterocycles. The number of benzene rings is 2. The van der Waals surface area contributed by atoms with Gasteiger partial charge in [-0.25, -0.2) is 13.9 Å². The van der Waals surface area contributed by atoms with Crippen LogP contribution in [0.25, 0.3) is 27.8 Å². The maximum absolute atomic E-state index is 15.8. The summed E-state index contributed by atoms with van der Waals surface area (Å²) in [7, 11) is 0. The van der Waals surface area contributed by atoms with Crippen LogP contribution in [0.3, 0.4) is 0 Å². The summed E-state index contributed by atoms with van der Waals surface area (Å²) in [6.07, 6.45) is 1.83. The van der Waals surface area contributed by atoms with Crippen LogP contribution in [-0.2, 0) is 17.7 Å². The fraction of sp³-hybridized carbons (Fsp3) is 0.370. The van der Waals surface area contributed by atoms with E-state index < -0.39 is 5.60 Å². The molecule has 5 rings (SSSR count). The Bertz CT molecular complexity index is 1440. The lowest BCUT2D eigenvalue weighted by Gasteiger charge is -2.30. The van der Waals surface area contributed by atoms with Crippen molar-refractivity contribution in [2.24, 2.45) is 0 Å². The van der Waals surface area contributed by atoms with Crippen LogP contribution in [0.4, 0.5) is 9.18 Å². The Morgan fingerprint density at radius 2 is 1.86 bits per heavy atom. The number of aryl methyl sites for hydroxylation is 3. The Labute approximate surface area is 203 Å². The Morgan fingerprint density at radius 1 is 1.14 bits per heavy atom. The Hall–Kier alpha value is -3.68. The molecule has 0 saturated heterocycles. The molecule has 1 amide bonds. The van der Waals surface area contributed by atoms with Crippen LogP contribution in [0.1, 0.15) is 48.7 Å². The topological polar surface area (TPSA) is 76.0 Å². The molecule has 0 atom stereocenters. The van der Waals surface area contributed by atoms with Gasteiger partial charge in [0.05, 0.1) is 35.3 Å². The zero-order valence-corrected chi connectivity index (χ0v) is 21.0. The second-order valence-corrected chi connectivity index (χ2v) is 10.3. The van der Waals surface area contributed by atoms with Gasteiger partial charge in [-0.05, 0) is 64.3 Å². The highest BCUT2D eigenvalue weighted by Crippen LogP contribution is 2.40. The van der Waals surface area contributed by atoms with Crippen LogP contribution < -0.4 is 0 Å². The second-order valence-electron chi connectivity index (χ2n) is 10.3. The van der Waals surface area contributed by atoms with Crippen LogP contribution in [0.2, 0.25) is 0 Å². The van der Waals surface area contributed by atoms with Gasteiger partial charge in [0.1, 0.15) is 11.4 Å². The number of H-pyrrole nitrogens is 1. The number of hydrogen-bond acceptors (Lipinski definition) is 4. The van der Waals surface area contributed by atoms with E-state index in [1.807, 2.05) is 64.4 Å². The lowest BCUT2D eigenvalue weighted by Crippen LogP contribution is -2.39. The van der Waals surface area contributed by atoms with Crippen molar-refractivity contribution in [1.29, 1.82) is 0 Å². The quantitative estimate of drug-likeness (QED) is 0.399. The number of amides is 1. The number of ether oxygens (including phenoxy) is 1. The van der Waals surface area contributed by atoms with E-state index in [2.05, 4.69) is 10.2 Å². The van der Waals surface area contributed by atoms with Crippen LogP contribution in [0, 0.1) is 26.6 Å². The third kappa shape index (κ3) is 3.96. The summed E-state index contributed by atoms with van der Waals surface area (Å²) >= 11 is 0. The fourth-order valence-electron chi connectivity index (χ4n) is 4.89. The molecular formula is C27H30FN5O2. The fourth-order valence-corrected chi connectivity index (χ4v) is 4.89. The average molecular weight is 476 g/mol. The summed E-state index contributed by atoms with van der Waals surface area (Å²) in [6.45, 7) is 12.2. The Morgan fingerprint density at radius 3 is 2.54 bits per heavy atom. The van der Waals surface area contributed by atoms with Gasteiger partial charge in [-0.15, -0.1) is 0 Å². The molecule has 182 valence electrons. The molecule has 1 aliphatic rings. The zero-order valence-electron chi connectivity index (χ0n) is 21.0. The molecule has 1 N–H and O–H groups in total. The third-order valence-electron chi connectivity index (χ3n) is 6.46. The molecule has 7 nitrogen and oxygen atoms in total. The van der Waals surface area contributed by atoms with Gasteiger partial charge in [0, 0.05) is 29.5 Å². The number of nitrogens with zero attached hydrogens (tertiary/aromatic N) is 4. The number of carbonyl (C=O) groups excluding carboxylic acids is 1. The zero-order chi connectivity index (χ0) is 25.1. The van der Waals surface area contributed by atoms with Crippen molar-refractivity contribution in [2.45, 2.75) is 60.1 Å². The molecule has 0 unspecified atom stereocenters. The predicted octanol–water partition coefficient (Wildman–Crippen LogP) is 5.77. The number of aromatic amines is 1. The van der Waals surface area contributed by atoms with E-state index in [0.717, 1.165) is 39.2 Å². The molecule has 3 heterocycles. The van der Waals surface area contributed by atoms with E-state index in [0.29, 0.717) is 29.6 Å². The van der Waals surface area contributed by atoms with Gasteiger partial charge in [0.25, 0.3) is 0 Å². The largest absolute Gasteiger partial charge is 0.444 e. The molecule has 0 saturated carbocycles. The minimum Gasteiger partial charge on any atom is -0.444 e. The molecule has 0 spiro atoms. The minimum atomic E-state index is -0.603. The van der Waals surface area contributed by atoms with E-state index in [-0.39, 0.29) is 18.5 Å². The Balaban J connectivity index is 1.76. The number of para-hydroxylation sites is 1. The first-order chi connectivity index (χ1) is 16.5. The van der Waals surface area contributed by atoms with E-state index in [9.17, 15) is 4.79 Å². The van der Waals surface area contributed by atoms with Crippen molar-refractivity contribution in [3.63, 3.8) is 0 Å². The highest BCUT2D eigenvalue weighted by molar-refractivity contribution is 5.97. The van der Waals surface area contributed by atoms with Crippen LogP contribution >= 0.6 is 0 Å². The van der Waals surface area contributed by atoms with Gasteiger partial charge < -0.3 is 9.64 Å². The first-order valence-electron chi connectivity index (χ1n) is 11.8. The number of halogens is 1. The molecule has 0 radical (unpaired) electrons. The van der Waals surface area contributed by atoms with Gasteiger partial charge in [0.15, 0.2) is 0 Å². The van der Waals surface area contributed by atoms with Crippen molar-refractivity contribution in [3.05, 3.63) is 64.2 Å². The van der Waals surface area contributed by atoms with Crippen molar-refractivity contribution in [3.8, 4) is 16.9 Å². The Kier molecular flexibility index (Phi) is 5.42. The molecule has 0 fully saturated rings. The summed E-state index contributed by atoms with van der Waals surface area (Å²) in [4.78, 5) is 14.6. The summed E-state index contributed by atoms with van der Waals surface area (Å²) in [6, 6.07) is 7.58. The molecule has 8 heteroatoms. The van der Waals surface area contributed by atoms with Gasteiger partial charge in [0.2, 0.25) is 0 Å². The lowest BCUT2D eigenvalue weighted by atomic mass is 9.96. The van der Waals surface area contributed by atoms with Crippen LogP contribution in [-0.4, -0.2) is 43.1 Å². The van der Waals surface area contributed by atoms with Crippen molar-refractivity contribution >= 4 is 17.0 Å². The highest BCUT2D eigenvalue weighted by Gasteiger charge is 2.33. The first-order valence-corrected chi connectivity index (χ1v) is 11.8. The van der Waals surface area contributed by atoms with Crippen LogP contribution in [0.5, 0.6) is 0 Å². The number of hydrogen-bond donors (Lipinski definition) is 1. The number of aromatic nitrogens is 4. The molecule has 35 heavy (non-hydrogen) atoms. The highest BCUT2D eigenvalue weighted by atomic mass is 19.1. The van der Waals surface area contributed by atoms with E-state index in [1.165, 1.54) is 6.07 Å². The predicted molar refractivity (Wildman–Crippen MR) is 133 cm³/mol. The van der Waals surface area contributed by atoms with E-state index in [1.54, 1.807) is 11.1 Å². The smallest absolute Gasteiger partial charge is 0.410 e. The average Bonchev–Trinajstić information content (AvgIpc) is 3.38. The second kappa shape index (κ2) is 8.22. The number of fused-ring (bicyclic) bond motifs is 2. The van der Waals surface area contributed by atoms with Crippen molar-refractivity contribution in [1.82, 2.24) is 24.9 Å². The van der Waals surface area contributed by atoms with E-state index >= 15 is 4.39 Å². The normalized spacial score (nSPS) is 13.9. The summed E-state index contributed by atoms with van der Waals surface area (Å²) < 4.78 is 23.3. The molecule has 2 aromatic carbocycles. The summed E-state index contributed by atoms with van der Waals surface area (Å²) in [5.41, 5.74) is 6.71. The third-order valence-corrected chi connectivity index (χ3v) is 6.46. The van der Waals surface area contributed by atoms with E-state index in [4.69, 9.17) is 9.84 Å². The number of rotatable bonds is 2. The first kappa shape index (κ1) is 23.1. The van der Waals surface area contributed by atoms with Crippen molar-refractivity contribution < 1.29 is 13.9 Å². The lowest BCUT2D eigenvalue weighted by molar-refractivity contribution is 0.0224. The summed E-state index contributed by atoms with van der Waals surface area (Å²) in [5.74, 6) is -0.346. The molecule has 2 aromatic heterocycles.